The molecular weight excluding hydrogens is 312 g/mol. The highest BCUT2D eigenvalue weighted by Crippen LogP contribution is 2.32. The van der Waals surface area contributed by atoms with Gasteiger partial charge in [-0.05, 0) is 56.6 Å². The normalized spacial score (nSPS) is 20.5. The van der Waals surface area contributed by atoms with E-state index in [0.29, 0.717) is 35.2 Å². The van der Waals surface area contributed by atoms with Crippen LogP contribution in [0.1, 0.15) is 53.2 Å². The van der Waals surface area contributed by atoms with Gasteiger partial charge in [-0.2, -0.15) is 0 Å². The summed E-state index contributed by atoms with van der Waals surface area (Å²) in [6.07, 6.45) is 4.76. The third kappa shape index (κ3) is 3.58. The van der Waals surface area contributed by atoms with Crippen LogP contribution in [0.5, 0.6) is 0 Å². The number of carbonyl (C=O) groups excluding carboxylic acids is 2. The second kappa shape index (κ2) is 6.74. The number of rotatable bonds is 2. The number of hydrazine groups is 1. The van der Waals surface area contributed by atoms with Gasteiger partial charge in [-0.25, -0.2) is 0 Å². The number of hydrogen-bond donors (Lipinski definition) is 2. The van der Waals surface area contributed by atoms with Crippen LogP contribution in [-0.2, 0) is 22.4 Å². The number of allylic oxidation sites excluding steroid dienone is 1. The van der Waals surface area contributed by atoms with Crippen LogP contribution in [0.3, 0.4) is 0 Å². The fourth-order valence-electron chi connectivity index (χ4n) is 3.08. The van der Waals surface area contributed by atoms with Gasteiger partial charge in [0, 0.05) is 4.88 Å². The molecule has 1 atom stereocenters. The first-order valence-corrected chi connectivity index (χ1v) is 8.91. The highest BCUT2D eigenvalue weighted by Gasteiger charge is 2.22. The Kier molecular flexibility index (Phi) is 4.71. The predicted molar refractivity (Wildman–Crippen MR) is 89.0 cm³/mol. The number of carbonyl (C=O) groups is 2. The zero-order chi connectivity index (χ0) is 16.4. The highest BCUT2D eigenvalue weighted by atomic mass is 32.1. The van der Waals surface area contributed by atoms with E-state index in [2.05, 4.69) is 17.8 Å². The van der Waals surface area contributed by atoms with Crippen LogP contribution in [-0.4, -0.2) is 18.4 Å². The molecule has 0 unspecified atom stereocenters. The Labute approximate surface area is 140 Å². The smallest absolute Gasteiger partial charge is 0.279 e. The molecule has 1 aliphatic heterocycles. The molecular formula is C17H22N2O3S. The van der Waals surface area contributed by atoms with Crippen LogP contribution in [0, 0.1) is 5.92 Å². The fourth-order valence-corrected chi connectivity index (χ4v) is 4.18. The molecule has 0 aromatic carbocycles. The zero-order valence-electron chi connectivity index (χ0n) is 13.5. The van der Waals surface area contributed by atoms with Gasteiger partial charge in [0.15, 0.2) is 0 Å². The van der Waals surface area contributed by atoms with Crippen molar-refractivity contribution >= 4 is 23.2 Å². The molecule has 2 N–H and O–H groups in total. The molecule has 0 radical (unpaired) electrons. The first-order chi connectivity index (χ1) is 11.0. The number of nitrogens with one attached hydrogen (secondary N) is 2. The summed E-state index contributed by atoms with van der Waals surface area (Å²) in [5, 5.41) is 0. The lowest BCUT2D eigenvalue weighted by molar-refractivity contribution is -0.118. The van der Waals surface area contributed by atoms with E-state index in [-0.39, 0.29) is 11.8 Å². The van der Waals surface area contributed by atoms with E-state index in [0.717, 1.165) is 19.3 Å². The Morgan fingerprint density at radius 2 is 2.04 bits per heavy atom. The molecule has 5 nitrogen and oxygen atoms in total. The standard InChI is InChI=1S/C17H22N2O3S/c1-10-5-6-14-12(8-10)9-15(23-14)17(21)19-18-16(20)13-4-3-7-22-11(13)2/h9-10H,3-8H2,1-2H3,(H,18,20)(H,19,21)/t10-/m0/s1. The molecule has 1 aliphatic carbocycles. The van der Waals surface area contributed by atoms with Crippen molar-refractivity contribution in [1.29, 1.82) is 0 Å². The lowest BCUT2D eigenvalue weighted by atomic mass is 9.90. The lowest BCUT2D eigenvalue weighted by Gasteiger charge is -2.18. The summed E-state index contributed by atoms with van der Waals surface area (Å²) < 4.78 is 5.38. The monoisotopic (exact) mass is 334 g/mol. The number of aryl methyl sites for hydroxylation is 1. The van der Waals surface area contributed by atoms with Gasteiger partial charge in [-0.15, -0.1) is 11.3 Å². The highest BCUT2D eigenvalue weighted by molar-refractivity contribution is 7.14. The largest absolute Gasteiger partial charge is 0.498 e. The number of thiophene rings is 1. The van der Waals surface area contributed by atoms with Crippen molar-refractivity contribution in [1.82, 2.24) is 10.9 Å². The molecule has 0 saturated carbocycles. The van der Waals surface area contributed by atoms with Gasteiger partial charge in [0.1, 0.15) is 5.76 Å². The Morgan fingerprint density at radius 1 is 1.26 bits per heavy atom. The van der Waals surface area contributed by atoms with Crippen LogP contribution < -0.4 is 10.9 Å². The summed E-state index contributed by atoms with van der Waals surface area (Å²) in [6.45, 7) is 4.67. The molecule has 0 spiro atoms. The second-order valence-electron chi connectivity index (χ2n) is 6.30. The minimum absolute atomic E-state index is 0.250. The lowest BCUT2D eigenvalue weighted by Crippen LogP contribution is -2.42. The third-order valence-electron chi connectivity index (χ3n) is 4.43. The molecule has 2 aliphatic rings. The summed E-state index contributed by atoms with van der Waals surface area (Å²) >= 11 is 1.53. The van der Waals surface area contributed by atoms with Crippen LogP contribution in [0.15, 0.2) is 17.4 Å². The Hall–Kier alpha value is -1.82. The average Bonchev–Trinajstić information content (AvgIpc) is 2.95. The van der Waals surface area contributed by atoms with Crippen LogP contribution in [0.2, 0.25) is 0 Å². The molecule has 23 heavy (non-hydrogen) atoms. The summed E-state index contributed by atoms with van der Waals surface area (Å²) in [6, 6.07) is 1.96. The molecule has 0 saturated heterocycles. The third-order valence-corrected chi connectivity index (χ3v) is 5.67. The van der Waals surface area contributed by atoms with E-state index in [9.17, 15) is 9.59 Å². The number of hydrogen-bond acceptors (Lipinski definition) is 4. The topological polar surface area (TPSA) is 67.4 Å². The van der Waals surface area contributed by atoms with Crippen molar-refractivity contribution < 1.29 is 14.3 Å². The van der Waals surface area contributed by atoms with Crippen molar-refractivity contribution in [2.75, 3.05) is 6.61 Å². The molecule has 0 fully saturated rings. The van der Waals surface area contributed by atoms with Crippen molar-refractivity contribution in [2.24, 2.45) is 5.92 Å². The maximum atomic E-state index is 12.3. The maximum Gasteiger partial charge on any atom is 0.279 e. The van der Waals surface area contributed by atoms with Crippen LogP contribution >= 0.6 is 11.3 Å². The quantitative estimate of drug-likeness (QED) is 0.817. The number of amides is 2. The SMILES string of the molecule is CC1=C(C(=O)NNC(=O)c2cc3c(s2)CC[C@H](C)C3)CCCO1. The van der Waals surface area contributed by atoms with Crippen molar-refractivity contribution in [3.63, 3.8) is 0 Å². The van der Waals surface area contributed by atoms with E-state index in [4.69, 9.17) is 4.74 Å². The van der Waals surface area contributed by atoms with Gasteiger partial charge < -0.3 is 4.74 Å². The average molecular weight is 334 g/mol. The maximum absolute atomic E-state index is 12.3. The predicted octanol–water partition coefficient (Wildman–Crippen LogP) is 2.72. The van der Waals surface area contributed by atoms with Crippen molar-refractivity contribution in [2.45, 2.75) is 46.0 Å². The Balaban J connectivity index is 1.60. The summed E-state index contributed by atoms with van der Waals surface area (Å²) in [7, 11) is 0. The van der Waals surface area contributed by atoms with Gasteiger partial charge in [-0.3, -0.25) is 20.4 Å². The first kappa shape index (κ1) is 16.1. The molecule has 124 valence electrons. The van der Waals surface area contributed by atoms with Gasteiger partial charge >= 0.3 is 0 Å². The fraction of sp³-hybridized carbons (Fsp3) is 0.529. The Morgan fingerprint density at radius 3 is 2.83 bits per heavy atom. The van der Waals surface area contributed by atoms with Gasteiger partial charge in [0.05, 0.1) is 17.1 Å². The van der Waals surface area contributed by atoms with Gasteiger partial charge in [0.2, 0.25) is 0 Å². The molecule has 6 heteroatoms. The van der Waals surface area contributed by atoms with Crippen molar-refractivity contribution in [3.8, 4) is 0 Å². The first-order valence-electron chi connectivity index (χ1n) is 8.09. The van der Waals surface area contributed by atoms with E-state index in [1.807, 2.05) is 6.07 Å². The molecule has 2 amide bonds. The number of fused-ring (bicyclic) bond motifs is 1. The molecule has 0 bridgehead atoms. The second-order valence-corrected chi connectivity index (χ2v) is 7.44. The number of ether oxygens (including phenoxy) is 1. The minimum atomic E-state index is -0.287. The molecule has 2 heterocycles. The van der Waals surface area contributed by atoms with Crippen LogP contribution in [0.4, 0.5) is 0 Å². The van der Waals surface area contributed by atoms with Crippen LogP contribution in [0.25, 0.3) is 0 Å². The van der Waals surface area contributed by atoms with E-state index in [1.54, 1.807) is 6.92 Å². The van der Waals surface area contributed by atoms with Crippen molar-refractivity contribution in [3.05, 3.63) is 32.7 Å². The molecule has 1 aromatic rings. The molecule has 3 rings (SSSR count). The van der Waals surface area contributed by atoms with E-state index >= 15 is 0 Å². The van der Waals surface area contributed by atoms with E-state index < -0.39 is 0 Å². The molecule has 1 aromatic heterocycles. The summed E-state index contributed by atoms with van der Waals surface area (Å²) in [5.41, 5.74) is 6.91. The summed E-state index contributed by atoms with van der Waals surface area (Å²) in [5.74, 6) is 0.781. The minimum Gasteiger partial charge on any atom is -0.498 e. The van der Waals surface area contributed by atoms with Gasteiger partial charge in [0.25, 0.3) is 11.8 Å². The summed E-state index contributed by atoms with van der Waals surface area (Å²) in [4.78, 5) is 26.3. The van der Waals surface area contributed by atoms with Gasteiger partial charge in [-0.1, -0.05) is 6.92 Å². The Bertz CT molecular complexity index is 663. The van der Waals surface area contributed by atoms with E-state index in [1.165, 1.54) is 28.2 Å². The zero-order valence-corrected chi connectivity index (χ0v) is 14.3.